The molecule has 0 saturated carbocycles. The molecule has 0 aliphatic rings. The average Bonchev–Trinajstić information content (AvgIpc) is 2.34. The molecule has 0 aliphatic heterocycles. The highest BCUT2D eigenvalue weighted by atomic mass is 35.5. The van der Waals surface area contributed by atoms with Crippen LogP contribution in [0.1, 0.15) is 25.3 Å². The van der Waals surface area contributed by atoms with Crippen LogP contribution in [0, 0.1) is 5.82 Å². The smallest absolute Gasteiger partial charge is 0.165 e. The van der Waals surface area contributed by atoms with Crippen molar-refractivity contribution in [2.75, 3.05) is 5.32 Å². The molecule has 0 spiro atoms. The van der Waals surface area contributed by atoms with Crippen LogP contribution >= 0.6 is 23.2 Å². The van der Waals surface area contributed by atoms with E-state index in [0.29, 0.717) is 11.0 Å². The predicted molar refractivity (Wildman–Crippen MR) is 75.8 cm³/mol. The SMILES string of the molecule is CC(C)c1c(Cl)ncnc1Nc1cccc(Cl)c1F. The minimum absolute atomic E-state index is 0.0521. The number of aromatic nitrogens is 2. The van der Waals surface area contributed by atoms with Crippen molar-refractivity contribution < 1.29 is 4.39 Å². The normalized spacial score (nSPS) is 10.8. The van der Waals surface area contributed by atoms with Crippen LogP contribution in [0.25, 0.3) is 0 Å². The van der Waals surface area contributed by atoms with Crippen molar-refractivity contribution in [3.8, 4) is 0 Å². The van der Waals surface area contributed by atoms with Crippen LogP contribution in [0.2, 0.25) is 10.2 Å². The quantitative estimate of drug-likeness (QED) is 0.828. The maximum Gasteiger partial charge on any atom is 0.165 e. The van der Waals surface area contributed by atoms with E-state index < -0.39 is 5.82 Å². The van der Waals surface area contributed by atoms with Crippen molar-refractivity contribution >= 4 is 34.7 Å². The lowest BCUT2D eigenvalue weighted by Crippen LogP contribution is -2.04. The first-order valence-corrected chi connectivity index (χ1v) is 6.47. The Bertz CT molecular complexity index is 602. The highest BCUT2D eigenvalue weighted by Crippen LogP contribution is 2.31. The molecule has 0 unspecified atom stereocenters. The van der Waals surface area contributed by atoms with Crippen molar-refractivity contribution in [3.63, 3.8) is 0 Å². The molecule has 0 amide bonds. The number of benzene rings is 1. The summed E-state index contributed by atoms with van der Waals surface area (Å²) in [5, 5.41) is 3.32. The highest BCUT2D eigenvalue weighted by Gasteiger charge is 2.15. The van der Waals surface area contributed by atoms with Gasteiger partial charge in [-0.05, 0) is 18.1 Å². The van der Waals surface area contributed by atoms with Gasteiger partial charge in [-0.1, -0.05) is 43.1 Å². The molecule has 0 bridgehead atoms. The van der Waals surface area contributed by atoms with E-state index in [1.54, 1.807) is 12.1 Å². The molecule has 2 aromatic rings. The Balaban J connectivity index is 2.44. The van der Waals surface area contributed by atoms with Gasteiger partial charge in [-0.15, -0.1) is 0 Å². The molecule has 100 valence electrons. The Labute approximate surface area is 120 Å². The second-order valence-electron chi connectivity index (χ2n) is 4.31. The standard InChI is InChI=1S/C13H12Cl2FN3/c1-7(2)10-12(15)17-6-18-13(10)19-9-5-3-4-8(14)11(9)16/h3-7H,1-2H3,(H,17,18,19). The van der Waals surface area contributed by atoms with Crippen molar-refractivity contribution in [3.05, 3.63) is 46.1 Å². The monoisotopic (exact) mass is 299 g/mol. The molecule has 6 heteroatoms. The van der Waals surface area contributed by atoms with Gasteiger partial charge in [0.15, 0.2) is 5.82 Å². The van der Waals surface area contributed by atoms with E-state index in [-0.39, 0.29) is 16.6 Å². The van der Waals surface area contributed by atoms with Crippen LogP contribution in [0.15, 0.2) is 24.5 Å². The van der Waals surface area contributed by atoms with Crippen LogP contribution in [0.4, 0.5) is 15.9 Å². The predicted octanol–water partition coefficient (Wildman–Crippen LogP) is 4.79. The lowest BCUT2D eigenvalue weighted by atomic mass is 10.1. The third kappa shape index (κ3) is 2.96. The molecule has 1 aromatic heterocycles. The first-order valence-electron chi connectivity index (χ1n) is 5.72. The number of hydrogen-bond acceptors (Lipinski definition) is 3. The van der Waals surface area contributed by atoms with Crippen molar-refractivity contribution in [1.82, 2.24) is 9.97 Å². The highest BCUT2D eigenvalue weighted by molar-refractivity contribution is 6.31. The summed E-state index contributed by atoms with van der Waals surface area (Å²) in [7, 11) is 0. The van der Waals surface area contributed by atoms with Gasteiger partial charge in [0.05, 0.1) is 10.7 Å². The molecule has 0 fully saturated rings. The molecular weight excluding hydrogens is 288 g/mol. The topological polar surface area (TPSA) is 37.8 Å². The summed E-state index contributed by atoms with van der Waals surface area (Å²) in [6.07, 6.45) is 1.33. The van der Waals surface area contributed by atoms with E-state index in [1.807, 2.05) is 13.8 Å². The van der Waals surface area contributed by atoms with Crippen molar-refractivity contribution in [1.29, 1.82) is 0 Å². The average molecular weight is 300 g/mol. The fourth-order valence-corrected chi connectivity index (χ4v) is 2.24. The maximum absolute atomic E-state index is 13.8. The molecule has 2 rings (SSSR count). The first-order chi connectivity index (χ1) is 9.00. The number of rotatable bonds is 3. The third-order valence-corrected chi connectivity index (χ3v) is 3.21. The van der Waals surface area contributed by atoms with E-state index in [1.165, 1.54) is 12.4 Å². The van der Waals surface area contributed by atoms with E-state index in [0.717, 1.165) is 5.56 Å². The Hall–Kier alpha value is -1.39. The summed E-state index contributed by atoms with van der Waals surface area (Å²) in [5.41, 5.74) is 0.993. The summed E-state index contributed by atoms with van der Waals surface area (Å²) >= 11 is 11.8. The Morgan fingerprint density at radius 1 is 1.21 bits per heavy atom. The van der Waals surface area contributed by atoms with Crippen LogP contribution in [-0.2, 0) is 0 Å². The molecule has 19 heavy (non-hydrogen) atoms. The lowest BCUT2D eigenvalue weighted by molar-refractivity contribution is 0.632. The molecule has 3 nitrogen and oxygen atoms in total. The minimum atomic E-state index is -0.520. The number of nitrogens with one attached hydrogen (secondary N) is 1. The van der Waals surface area contributed by atoms with Gasteiger partial charge in [0, 0.05) is 5.56 Å². The zero-order valence-electron chi connectivity index (χ0n) is 10.4. The second-order valence-corrected chi connectivity index (χ2v) is 5.07. The van der Waals surface area contributed by atoms with Crippen LogP contribution < -0.4 is 5.32 Å². The van der Waals surface area contributed by atoms with Gasteiger partial charge in [-0.2, -0.15) is 0 Å². The van der Waals surface area contributed by atoms with Gasteiger partial charge in [0.1, 0.15) is 17.3 Å². The Kier molecular flexibility index (Phi) is 4.22. The summed E-state index contributed by atoms with van der Waals surface area (Å²) in [5.74, 6) is 0.0724. The Morgan fingerprint density at radius 2 is 1.95 bits per heavy atom. The van der Waals surface area contributed by atoms with Gasteiger partial charge in [-0.25, -0.2) is 14.4 Å². The molecule has 1 N–H and O–H groups in total. The molecule has 1 heterocycles. The maximum atomic E-state index is 13.8. The summed E-state index contributed by atoms with van der Waals surface area (Å²) < 4.78 is 13.8. The fourth-order valence-electron chi connectivity index (χ4n) is 1.71. The summed E-state index contributed by atoms with van der Waals surface area (Å²) in [6, 6.07) is 4.73. The zero-order chi connectivity index (χ0) is 14.0. The number of halogens is 3. The minimum Gasteiger partial charge on any atom is -0.337 e. The summed E-state index contributed by atoms with van der Waals surface area (Å²) in [6.45, 7) is 3.92. The van der Waals surface area contributed by atoms with Gasteiger partial charge in [0.2, 0.25) is 0 Å². The molecule has 0 saturated heterocycles. The molecule has 1 aromatic carbocycles. The fraction of sp³-hybridized carbons (Fsp3) is 0.231. The van der Waals surface area contributed by atoms with E-state index in [2.05, 4.69) is 15.3 Å². The third-order valence-electron chi connectivity index (χ3n) is 2.62. The lowest BCUT2D eigenvalue weighted by Gasteiger charge is -2.14. The first kappa shape index (κ1) is 14.0. The van der Waals surface area contributed by atoms with Gasteiger partial charge >= 0.3 is 0 Å². The zero-order valence-corrected chi connectivity index (χ0v) is 11.9. The molecule has 0 atom stereocenters. The molecule has 0 radical (unpaired) electrons. The van der Waals surface area contributed by atoms with Crippen LogP contribution in [0.3, 0.4) is 0 Å². The van der Waals surface area contributed by atoms with E-state index in [9.17, 15) is 4.39 Å². The van der Waals surface area contributed by atoms with Gasteiger partial charge in [-0.3, -0.25) is 0 Å². The molecule has 0 aliphatic carbocycles. The molecular formula is C13H12Cl2FN3. The van der Waals surface area contributed by atoms with E-state index >= 15 is 0 Å². The van der Waals surface area contributed by atoms with Crippen molar-refractivity contribution in [2.45, 2.75) is 19.8 Å². The van der Waals surface area contributed by atoms with Crippen LogP contribution in [-0.4, -0.2) is 9.97 Å². The van der Waals surface area contributed by atoms with Gasteiger partial charge < -0.3 is 5.32 Å². The Morgan fingerprint density at radius 3 is 2.63 bits per heavy atom. The largest absolute Gasteiger partial charge is 0.337 e. The van der Waals surface area contributed by atoms with E-state index in [4.69, 9.17) is 23.2 Å². The number of hydrogen-bond donors (Lipinski definition) is 1. The second kappa shape index (κ2) is 5.72. The van der Waals surface area contributed by atoms with Gasteiger partial charge in [0.25, 0.3) is 0 Å². The number of anilines is 2. The number of nitrogens with zero attached hydrogens (tertiary/aromatic N) is 2. The van der Waals surface area contributed by atoms with Crippen molar-refractivity contribution in [2.24, 2.45) is 0 Å². The summed E-state index contributed by atoms with van der Waals surface area (Å²) in [4.78, 5) is 8.05. The van der Waals surface area contributed by atoms with Crippen LogP contribution in [0.5, 0.6) is 0 Å².